The first-order valence-corrected chi connectivity index (χ1v) is 10.6. The van der Waals surface area contributed by atoms with E-state index in [1.165, 1.54) is 57.8 Å². The third kappa shape index (κ3) is 2.29. The van der Waals surface area contributed by atoms with Crippen molar-refractivity contribution in [3.63, 3.8) is 0 Å². The second-order valence-electron chi connectivity index (χ2n) is 9.97. The summed E-state index contributed by atoms with van der Waals surface area (Å²) in [6, 6.07) is 0. The highest BCUT2D eigenvalue weighted by atomic mass is 16.1. The Hall–Kier alpha value is -0.590. The molecule has 0 aromatic heterocycles. The molecule has 4 aliphatic rings. The molecular weight excluding hydrogens is 292 g/mol. The van der Waals surface area contributed by atoms with Gasteiger partial charge in [-0.25, -0.2) is 0 Å². The molecule has 4 rings (SSSR count). The van der Waals surface area contributed by atoms with Crippen molar-refractivity contribution in [1.82, 2.24) is 0 Å². The molecule has 0 N–H and O–H groups in total. The number of ketones is 1. The van der Waals surface area contributed by atoms with E-state index in [9.17, 15) is 4.79 Å². The fourth-order valence-electron chi connectivity index (χ4n) is 7.89. The van der Waals surface area contributed by atoms with Crippen LogP contribution in [0.3, 0.4) is 0 Å². The standard InChI is InChI=1S/C23H36O/c1-4-5-8-16-10-11-18-17-15-21(24)20-9-6-7-13-23(20,3)19(17)12-14-22(16,18)2/h4-5,16-20H,6-15H2,1-3H3/b5-4+. The van der Waals surface area contributed by atoms with Gasteiger partial charge in [0, 0.05) is 12.3 Å². The smallest absolute Gasteiger partial charge is 0.136 e. The molecule has 0 aromatic rings. The summed E-state index contributed by atoms with van der Waals surface area (Å²) in [7, 11) is 0. The Balaban J connectivity index is 1.62. The minimum absolute atomic E-state index is 0.334. The van der Waals surface area contributed by atoms with Crippen molar-refractivity contribution in [2.45, 2.75) is 85.0 Å². The quantitative estimate of drug-likeness (QED) is 0.553. The normalized spacial score (nSPS) is 51.3. The van der Waals surface area contributed by atoms with Crippen LogP contribution in [0, 0.1) is 40.4 Å². The van der Waals surface area contributed by atoms with Crippen molar-refractivity contribution in [1.29, 1.82) is 0 Å². The van der Waals surface area contributed by atoms with Crippen molar-refractivity contribution in [2.75, 3.05) is 0 Å². The monoisotopic (exact) mass is 328 g/mol. The van der Waals surface area contributed by atoms with Gasteiger partial charge in [0.1, 0.15) is 5.78 Å². The average Bonchev–Trinajstić information content (AvgIpc) is 2.89. The van der Waals surface area contributed by atoms with E-state index in [0.29, 0.717) is 28.4 Å². The summed E-state index contributed by atoms with van der Waals surface area (Å²) in [6.45, 7) is 7.23. The first-order valence-electron chi connectivity index (χ1n) is 10.6. The molecular formula is C23H36O. The Morgan fingerprint density at radius 3 is 2.58 bits per heavy atom. The van der Waals surface area contributed by atoms with Gasteiger partial charge in [-0.3, -0.25) is 4.79 Å². The molecule has 0 heterocycles. The molecule has 0 bridgehead atoms. The molecule has 134 valence electrons. The lowest BCUT2D eigenvalue weighted by atomic mass is 9.44. The van der Waals surface area contributed by atoms with Crippen molar-refractivity contribution in [3.8, 4) is 0 Å². The molecule has 4 fully saturated rings. The van der Waals surface area contributed by atoms with E-state index in [4.69, 9.17) is 0 Å². The molecule has 0 amide bonds. The number of fused-ring (bicyclic) bond motifs is 5. The lowest BCUT2D eigenvalue weighted by Crippen LogP contribution is -2.55. The van der Waals surface area contributed by atoms with Gasteiger partial charge in [-0.15, -0.1) is 0 Å². The topological polar surface area (TPSA) is 17.1 Å². The van der Waals surface area contributed by atoms with E-state index in [2.05, 4.69) is 32.9 Å². The highest BCUT2D eigenvalue weighted by Crippen LogP contribution is 2.67. The fraction of sp³-hybridized carbons (Fsp3) is 0.870. The highest BCUT2D eigenvalue weighted by molar-refractivity contribution is 5.83. The van der Waals surface area contributed by atoms with Crippen LogP contribution >= 0.6 is 0 Å². The highest BCUT2D eigenvalue weighted by Gasteiger charge is 2.61. The molecule has 0 saturated heterocycles. The fourth-order valence-corrected chi connectivity index (χ4v) is 7.89. The first kappa shape index (κ1) is 16.9. The van der Waals surface area contributed by atoms with E-state index in [-0.39, 0.29) is 0 Å². The zero-order valence-electron chi connectivity index (χ0n) is 16.0. The van der Waals surface area contributed by atoms with E-state index < -0.39 is 0 Å². The van der Waals surface area contributed by atoms with Crippen LogP contribution in [0.5, 0.6) is 0 Å². The molecule has 1 heteroatoms. The van der Waals surface area contributed by atoms with Crippen molar-refractivity contribution < 1.29 is 4.79 Å². The largest absolute Gasteiger partial charge is 0.299 e. The maximum Gasteiger partial charge on any atom is 0.136 e. The summed E-state index contributed by atoms with van der Waals surface area (Å²) in [5, 5.41) is 0. The maximum absolute atomic E-state index is 13.0. The molecule has 0 aromatic carbocycles. The van der Waals surface area contributed by atoms with Gasteiger partial charge in [-0.1, -0.05) is 38.8 Å². The van der Waals surface area contributed by atoms with Crippen molar-refractivity contribution in [2.24, 2.45) is 40.4 Å². The predicted octanol–water partition coefficient (Wildman–Crippen LogP) is 6.18. The second-order valence-corrected chi connectivity index (χ2v) is 9.97. The molecule has 7 unspecified atom stereocenters. The molecule has 4 saturated carbocycles. The Morgan fingerprint density at radius 1 is 1.00 bits per heavy atom. The van der Waals surface area contributed by atoms with Gasteiger partial charge in [-0.2, -0.15) is 0 Å². The minimum Gasteiger partial charge on any atom is -0.299 e. The molecule has 0 spiro atoms. The maximum atomic E-state index is 13.0. The van der Waals surface area contributed by atoms with E-state index >= 15 is 0 Å². The summed E-state index contributed by atoms with van der Waals surface area (Å²) in [6.07, 6.45) is 17.5. The average molecular weight is 329 g/mol. The molecule has 0 radical (unpaired) electrons. The summed E-state index contributed by atoms with van der Waals surface area (Å²) >= 11 is 0. The van der Waals surface area contributed by atoms with Crippen molar-refractivity contribution in [3.05, 3.63) is 12.2 Å². The third-order valence-electron chi connectivity index (χ3n) is 9.22. The van der Waals surface area contributed by atoms with Gasteiger partial charge < -0.3 is 0 Å². The lowest BCUT2D eigenvalue weighted by molar-refractivity contribution is -0.153. The van der Waals surface area contributed by atoms with Crippen LogP contribution in [-0.2, 0) is 4.79 Å². The van der Waals surface area contributed by atoms with Gasteiger partial charge in [0.05, 0.1) is 0 Å². The lowest BCUT2D eigenvalue weighted by Gasteiger charge is -2.59. The van der Waals surface area contributed by atoms with Gasteiger partial charge in [0.25, 0.3) is 0 Å². The number of hydrogen-bond donors (Lipinski definition) is 0. The first-order chi connectivity index (χ1) is 11.5. The third-order valence-corrected chi connectivity index (χ3v) is 9.22. The Kier molecular flexibility index (Phi) is 4.21. The zero-order chi connectivity index (χ0) is 16.9. The number of carbonyl (C=O) groups is 1. The van der Waals surface area contributed by atoms with Crippen molar-refractivity contribution >= 4 is 5.78 Å². The van der Waals surface area contributed by atoms with E-state index in [0.717, 1.165) is 24.2 Å². The van der Waals surface area contributed by atoms with Crippen LogP contribution in [0.25, 0.3) is 0 Å². The Bertz CT molecular complexity index is 534. The van der Waals surface area contributed by atoms with Crippen LogP contribution in [-0.4, -0.2) is 5.78 Å². The van der Waals surface area contributed by atoms with E-state index in [1.54, 1.807) is 0 Å². The summed E-state index contributed by atoms with van der Waals surface area (Å²) in [5.41, 5.74) is 0.833. The number of allylic oxidation sites excluding steroid dienone is 2. The number of rotatable bonds is 2. The zero-order valence-corrected chi connectivity index (χ0v) is 16.0. The molecule has 0 aliphatic heterocycles. The summed E-state index contributed by atoms with van der Waals surface area (Å²) in [5.74, 6) is 4.24. The molecule has 4 aliphatic carbocycles. The van der Waals surface area contributed by atoms with Gasteiger partial charge in [0.15, 0.2) is 0 Å². The Labute approximate surface area is 148 Å². The number of hydrogen-bond acceptors (Lipinski definition) is 1. The van der Waals surface area contributed by atoms with Gasteiger partial charge >= 0.3 is 0 Å². The number of carbonyl (C=O) groups excluding carboxylic acids is 1. The van der Waals surface area contributed by atoms with Crippen LogP contribution in [0.15, 0.2) is 12.2 Å². The molecule has 7 atom stereocenters. The molecule has 24 heavy (non-hydrogen) atoms. The summed E-state index contributed by atoms with van der Waals surface area (Å²) < 4.78 is 0. The number of Topliss-reactive ketones (excluding diaryl/α,β-unsaturated/α-hetero) is 1. The predicted molar refractivity (Wildman–Crippen MR) is 99.7 cm³/mol. The van der Waals surface area contributed by atoms with Gasteiger partial charge in [0.2, 0.25) is 0 Å². The van der Waals surface area contributed by atoms with Crippen LogP contribution in [0.2, 0.25) is 0 Å². The van der Waals surface area contributed by atoms with Crippen LogP contribution in [0.1, 0.15) is 85.0 Å². The van der Waals surface area contributed by atoms with Gasteiger partial charge in [-0.05, 0) is 86.4 Å². The summed E-state index contributed by atoms with van der Waals surface area (Å²) in [4.78, 5) is 13.0. The second kappa shape index (κ2) is 5.99. The van der Waals surface area contributed by atoms with E-state index in [1.807, 2.05) is 0 Å². The minimum atomic E-state index is 0.334. The Morgan fingerprint density at radius 2 is 1.79 bits per heavy atom. The van der Waals surface area contributed by atoms with Crippen LogP contribution in [0.4, 0.5) is 0 Å². The molecule has 1 nitrogen and oxygen atoms in total. The van der Waals surface area contributed by atoms with Crippen LogP contribution < -0.4 is 0 Å². The SMILES string of the molecule is C/C=C/CC1CCC2C3CC(=O)C4CCCCC4(C)C3CCC12C.